The van der Waals surface area contributed by atoms with Crippen molar-refractivity contribution in [2.24, 2.45) is 15.7 Å². The van der Waals surface area contributed by atoms with Gasteiger partial charge in [-0.2, -0.15) is 0 Å². The third kappa shape index (κ3) is 4.50. The van der Waals surface area contributed by atoms with E-state index in [2.05, 4.69) is 16.6 Å². The Labute approximate surface area is 159 Å². The SMILES string of the molecule is C=C(N=C(N=C(N)c1ccccc1)c1ccccc1)c1ccc(C)cc1O. The predicted octanol–water partition coefficient (Wildman–Crippen LogP) is 4.52. The fourth-order valence-electron chi connectivity index (χ4n) is 2.60. The van der Waals surface area contributed by atoms with Gasteiger partial charge in [-0.15, -0.1) is 0 Å². The van der Waals surface area contributed by atoms with E-state index >= 15 is 0 Å². The Morgan fingerprint density at radius 3 is 2.04 bits per heavy atom. The summed E-state index contributed by atoms with van der Waals surface area (Å²) in [6.07, 6.45) is 0. The molecule has 0 atom stereocenters. The normalized spacial score (nSPS) is 12.0. The van der Waals surface area contributed by atoms with Gasteiger partial charge in [0.15, 0.2) is 5.84 Å². The number of rotatable bonds is 4. The first kappa shape index (κ1) is 18.1. The van der Waals surface area contributed by atoms with E-state index in [1.54, 1.807) is 12.1 Å². The number of nitrogens with two attached hydrogens (primary N) is 1. The summed E-state index contributed by atoms with van der Waals surface area (Å²) in [6.45, 7) is 5.92. The molecule has 3 aromatic rings. The van der Waals surface area contributed by atoms with Crippen LogP contribution in [0.1, 0.15) is 22.3 Å². The van der Waals surface area contributed by atoms with Crippen molar-refractivity contribution in [3.05, 3.63) is 108 Å². The standard InChI is InChI=1S/C23H21N3O/c1-16-13-14-20(21(27)15-16)17(2)25-23(19-11-7-4-8-12-19)26-22(24)18-9-5-3-6-10-18/h3-15,27H,2H2,1H3,(H2,24,25,26). The quantitative estimate of drug-likeness (QED) is 0.533. The van der Waals surface area contributed by atoms with Crippen molar-refractivity contribution in [2.45, 2.75) is 6.92 Å². The largest absolute Gasteiger partial charge is 0.507 e. The maximum atomic E-state index is 10.2. The molecule has 0 aromatic heterocycles. The Kier molecular flexibility index (Phi) is 5.47. The first-order valence-corrected chi connectivity index (χ1v) is 8.57. The predicted molar refractivity (Wildman–Crippen MR) is 112 cm³/mol. The molecule has 0 amide bonds. The zero-order valence-corrected chi connectivity index (χ0v) is 15.1. The summed E-state index contributed by atoms with van der Waals surface area (Å²) < 4.78 is 0. The molecular formula is C23H21N3O. The Bertz CT molecular complexity index is 1010. The lowest BCUT2D eigenvalue weighted by atomic mass is 10.1. The summed E-state index contributed by atoms with van der Waals surface area (Å²) in [5, 5.41) is 10.2. The van der Waals surface area contributed by atoms with Crippen LogP contribution in [0.3, 0.4) is 0 Å². The minimum absolute atomic E-state index is 0.135. The summed E-state index contributed by atoms with van der Waals surface area (Å²) in [7, 11) is 0. The van der Waals surface area contributed by atoms with Gasteiger partial charge < -0.3 is 10.8 Å². The number of amidine groups is 2. The molecule has 0 heterocycles. The van der Waals surface area contributed by atoms with E-state index in [4.69, 9.17) is 5.73 Å². The van der Waals surface area contributed by atoms with Crippen molar-refractivity contribution >= 4 is 17.4 Å². The second-order valence-electron chi connectivity index (χ2n) is 6.13. The maximum absolute atomic E-state index is 10.2. The first-order valence-electron chi connectivity index (χ1n) is 8.57. The van der Waals surface area contributed by atoms with E-state index in [0.717, 1.165) is 16.7 Å². The monoisotopic (exact) mass is 355 g/mol. The molecule has 0 saturated carbocycles. The van der Waals surface area contributed by atoms with Crippen LogP contribution in [0.15, 0.2) is 95.4 Å². The fourth-order valence-corrected chi connectivity index (χ4v) is 2.60. The minimum Gasteiger partial charge on any atom is -0.507 e. The highest BCUT2D eigenvalue weighted by atomic mass is 16.3. The molecule has 0 aliphatic carbocycles. The Hall–Kier alpha value is -3.66. The lowest BCUT2D eigenvalue weighted by Gasteiger charge is -2.08. The summed E-state index contributed by atoms with van der Waals surface area (Å²) in [5.74, 6) is 0.928. The van der Waals surface area contributed by atoms with Gasteiger partial charge in [-0.05, 0) is 24.6 Å². The van der Waals surface area contributed by atoms with E-state index in [9.17, 15) is 5.11 Å². The number of hydrogen-bond acceptors (Lipinski definition) is 2. The van der Waals surface area contributed by atoms with Crippen LogP contribution in [0.5, 0.6) is 5.75 Å². The average molecular weight is 355 g/mol. The summed E-state index contributed by atoms with van der Waals surface area (Å²) >= 11 is 0. The van der Waals surface area contributed by atoms with E-state index in [-0.39, 0.29) is 5.75 Å². The number of phenolic OH excluding ortho intramolecular Hbond substituents is 1. The van der Waals surface area contributed by atoms with Gasteiger partial charge in [0, 0.05) is 16.7 Å². The molecule has 27 heavy (non-hydrogen) atoms. The molecule has 3 rings (SSSR count). The average Bonchev–Trinajstić information content (AvgIpc) is 2.68. The zero-order chi connectivity index (χ0) is 19.2. The maximum Gasteiger partial charge on any atom is 0.162 e. The number of aromatic hydroxyl groups is 1. The van der Waals surface area contributed by atoms with Gasteiger partial charge >= 0.3 is 0 Å². The molecule has 134 valence electrons. The molecule has 3 N–H and O–H groups in total. The second-order valence-corrected chi connectivity index (χ2v) is 6.13. The minimum atomic E-state index is 0.135. The Morgan fingerprint density at radius 1 is 0.852 bits per heavy atom. The van der Waals surface area contributed by atoms with Crippen LogP contribution < -0.4 is 5.73 Å². The molecule has 4 nitrogen and oxygen atoms in total. The van der Waals surface area contributed by atoms with Crippen LogP contribution in [0.4, 0.5) is 0 Å². The lowest BCUT2D eigenvalue weighted by Crippen LogP contribution is -2.16. The zero-order valence-electron chi connectivity index (χ0n) is 15.1. The lowest BCUT2D eigenvalue weighted by molar-refractivity contribution is 0.473. The highest BCUT2D eigenvalue weighted by Gasteiger charge is 2.09. The molecule has 0 radical (unpaired) electrons. The van der Waals surface area contributed by atoms with Crippen LogP contribution in [0, 0.1) is 6.92 Å². The van der Waals surface area contributed by atoms with E-state index in [1.165, 1.54) is 0 Å². The molecule has 0 bridgehead atoms. The number of benzene rings is 3. The highest BCUT2D eigenvalue weighted by molar-refractivity contribution is 6.12. The number of hydrogen-bond donors (Lipinski definition) is 2. The van der Waals surface area contributed by atoms with E-state index in [1.807, 2.05) is 73.7 Å². The van der Waals surface area contributed by atoms with Crippen molar-refractivity contribution in [1.82, 2.24) is 0 Å². The van der Waals surface area contributed by atoms with Crippen molar-refractivity contribution in [3.63, 3.8) is 0 Å². The number of aryl methyl sites for hydroxylation is 1. The molecule has 0 aliphatic rings. The van der Waals surface area contributed by atoms with Crippen LogP contribution >= 0.6 is 0 Å². The van der Waals surface area contributed by atoms with Gasteiger partial charge in [0.05, 0.1) is 5.70 Å². The van der Waals surface area contributed by atoms with Gasteiger partial charge in [0.2, 0.25) is 0 Å². The third-order valence-corrected chi connectivity index (χ3v) is 4.03. The van der Waals surface area contributed by atoms with Crippen LogP contribution in [-0.2, 0) is 0 Å². The first-order chi connectivity index (χ1) is 13.0. The third-order valence-electron chi connectivity index (χ3n) is 4.03. The van der Waals surface area contributed by atoms with Crippen molar-refractivity contribution < 1.29 is 5.11 Å². The molecule has 0 fully saturated rings. The molecule has 3 aromatic carbocycles. The topological polar surface area (TPSA) is 71.0 Å². The summed E-state index contributed by atoms with van der Waals surface area (Å²) in [6, 6.07) is 24.4. The Balaban J connectivity index is 2.05. The van der Waals surface area contributed by atoms with Gasteiger partial charge in [-0.25, -0.2) is 9.98 Å². The van der Waals surface area contributed by atoms with E-state index < -0.39 is 0 Å². The van der Waals surface area contributed by atoms with Crippen LogP contribution in [-0.4, -0.2) is 16.8 Å². The Morgan fingerprint density at radius 2 is 1.44 bits per heavy atom. The van der Waals surface area contributed by atoms with Crippen molar-refractivity contribution in [1.29, 1.82) is 0 Å². The number of nitrogens with zero attached hydrogens (tertiary/aromatic N) is 2. The molecule has 0 spiro atoms. The molecule has 0 saturated heterocycles. The molecule has 4 heteroatoms. The van der Waals surface area contributed by atoms with Gasteiger partial charge in [0.25, 0.3) is 0 Å². The van der Waals surface area contributed by atoms with Crippen LogP contribution in [0.25, 0.3) is 5.70 Å². The van der Waals surface area contributed by atoms with Gasteiger partial charge in [-0.1, -0.05) is 73.3 Å². The fraction of sp³-hybridized carbons (Fsp3) is 0.0435. The molecule has 0 aliphatic heterocycles. The number of aliphatic imine (C=N–C) groups is 2. The highest BCUT2D eigenvalue weighted by Crippen LogP contribution is 2.26. The summed E-state index contributed by atoms with van der Waals surface area (Å²) in [5.41, 5.74) is 9.74. The van der Waals surface area contributed by atoms with Gasteiger partial charge in [-0.3, -0.25) is 0 Å². The van der Waals surface area contributed by atoms with Crippen molar-refractivity contribution in [2.75, 3.05) is 0 Å². The molecular weight excluding hydrogens is 334 g/mol. The van der Waals surface area contributed by atoms with Crippen LogP contribution in [0.2, 0.25) is 0 Å². The summed E-state index contributed by atoms with van der Waals surface area (Å²) in [4.78, 5) is 9.10. The second kappa shape index (κ2) is 8.15. The molecule has 0 unspecified atom stereocenters. The van der Waals surface area contributed by atoms with E-state index in [0.29, 0.717) is 22.9 Å². The smallest absolute Gasteiger partial charge is 0.162 e. The number of phenols is 1. The van der Waals surface area contributed by atoms with Gasteiger partial charge in [0.1, 0.15) is 11.6 Å². The van der Waals surface area contributed by atoms with Crippen molar-refractivity contribution in [3.8, 4) is 5.75 Å².